The van der Waals surface area contributed by atoms with Crippen molar-refractivity contribution in [2.45, 2.75) is 73.1 Å². The lowest BCUT2D eigenvalue weighted by Crippen LogP contribution is -2.30. The Kier molecular flexibility index (Phi) is 5.26. The molecule has 3 aromatic rings. The predicted octanol–water partition coefficient (Wildman–Crippen LogP) is 8.46. The van der Waals surface area contributed by atoms with Gasteiger partial charge >= 0.3 is 0 Å². The van der Waals surface area contributed by atoms with Crippen LogP contribution in [-0.2, 0) is 11.8 Å². The van der Waals surface area contributed by atoms with Gasteiger partial charge in [-0.15, -0.1) is 0 Å². The van der Waals surface area contributed by atoms with Crippen LogP contribution in [-0.4, -0.2) is 0 Å². The second-order valence-electron chi connectivity index (χ2n) is 10.6. The lowest BCUT2D eigenvalue weighted by atomic mass is 9.68. The van der Waals surface area contributed by atoms with Crippen LogP contribution in [0.25, 0.3) is 21.5 Å². The maximum atomic E-state index is 2.54. The van der Waals surface area contributed by atoms with Crippen LogP contribution in [0.3, 0.4) is 0 Å². The van der Waals surface area contributed by atoms with Gasteiger partial charge in [-0.25, -0.2) is 0 Å². The zero-order chi connectivity index (χ0) is 20.9. The molecule has 0 aromatic heterocycles. The van der Waals surface area contributed by atoms with Gasteiger partial charge in [0, 0.05) is 0 Å². The molecule has 0 bridgehead atoms. The molecule has 0 radical (unpaired) electrons. The Hall–Kier alpha value is -1.82. The first-order valence-electron chi connectivity index (χ1n) is 11.7. The number of fused-ring (bicyclic) bond motifs is 5. The Morgan fingerprint density at radius 3 is 2.21 bits per heavy atom. The van der Waals surface area contributed by atoms with Crippen LogP contribution in [0.15, 0.2) is 42.5 Å². The van der Waals surface area contributed by atoms with E-state index in [1.807, 2.05) is 0 Å². The van der Waals surface area contributed by atoms with Gasteiger partial charge in [0.25, 0.3) is 0 Å². The largest absolute Gasteiger partial charge is 0.0625 e. The first kappa shape index (κ1) is 20.5. The van der Waals surface area contributed by atoms with Gasteiger partial charge in [-0.1, -0.05) is 84.0 Å². The predicted molar refractivity (Wildman–Crippen MR) is 129 cm³/mol. The van der Waals surface area contributed by atoms with Gasteiger partial charge in [-0.05, 0) is 93.5 Å². The number of hydrogen-bond donors (Lipinski definition) is 0. The molecule has 0 heteroatoms. The third-order valence-electron chi connectivity index (χ3n) is 8.66. The maximum absolute atomic E-state index is 2.54. The summed E-state index contributed by atoms with van der Waals surface area (Å²) in [6.45, 7) is 16.9. The summed E-state index contributed by atoms with van der Waals surface area (Å²) < 4.78 is 0. The van der Waals surface area contributed by atoms with E-state index in [1.54, 1.807) is 11.1 Å². The molecule has 154 valence electrons. The summed E-state index contributed by atoms with van der Waals surface area (Å²) in [6.07, 6.45) is 3.83. The van der Waals surface area contributed by atoms with Crippen molar-refractivity contribution in [3.05, 3.63) is 59.2 Å². The van der Waals surface area contributed by atoms with Gasteiger partial charge in [0.2, 0.25) is 0 Å². The third kappa shape index (κ3) is 3.29. The quantitative estimate of drug-likeness (QED) is 0.386. The molecule has 0 nitrogen and oxygen atoms in total. The van der Waals surface area contributed by atoms with E-state index in [-0.39, 0.29) is 0 Å². The average Bonchev–Trinajstić information content (AvgIpc) is 3.05. The molecular formula is C29H38. The fourth-order valence-electron chi connectivity index (χ4n) is 5.92. The average molecular weight is 387 g/mol. The van der Waals surface area contributed by atoms with Gasteiger partial charge < -0.3 is 0 Å². The minimum absolute atomic E-state index is 0.302. The number of aryl methyl sites for hydroxylation is 2. The van der Waals surface area contributed by atoms with Crippen molar-refractivity contribution in [2.24, 2.45) is 23.7 Å². The molecule has 0 saturated carbocycles. The minimum Gasteiger partial charge on any atom is -0.0625 e. The molecule has 1 aliphatic rings. The Labute approximate surface area is 177 Å². The van der Waals surface area contributed by atoms with Crippen LogP contribution in [0.5, 0.6) is 0 Å². The van der Waals surface area contributed by atoms with Crippen LogP contribution >= 0.6 is 0 Å². The molecule has 4 atom stereocenters. The summed E-state index contributed by atoms with van der Waals surface area (Å²) in [7, 11) is 0. The van der Waals surface area contributed by atoms with E-state index in [9.17, 15) is 0 Å². The normalized spacial score (nSPS) is 22.2. The molecule has 0 unspecified atom stereocenters. The molecule has 29 heavy (non-hydrogen) atoms. The van der Waals surface area contributed by atoms with E-state index in [2.05, 4.69) is 90.9 Å². The molecule has 0 heterocycles. The highest BCUT2D eigenvalue weighted by molar-refractivity contribution is 6.09. The Morgan fingerprint density at radius 2 is 1.48 bits per heavy atom. The third-order valence-corrected chi connectivity index (χ3v) is 8.66. The number of benzene rings is 3. The van der Waals surface area contributed by atoms with Crippen molar-refractivity contribution in [1.29, 1.82) is 0 Å². The minimum atomic E-state index is 0.302. The Bertz CT molecular complexity index is 1040. The van der Waals surface area contributed by atoms with Gasteiger partial charge in [0.1, 0.15) is 0 Å². The van der Waals surface area contributed by atoms with Crippen molar-refractivity contribution in [3.8, 4) is 0 Å². The maximum Gasteiger partial charge on any atom is -0.00434 e. The van der Waals surface area contributed by atoms with E-state index < -0.39 is 0 Å². The molecule has 0 amide bonds. The highest BCUT2D eigenvalue weighted by atomic mass is 14.4. The molecule has 0 aliphatic heterocycles. The number of rotatable bonds is 5. The smallest absolute Gasteiger partial charge is 0.00434 e. The van der Waals surface area contributed by atoms with E-state index in [4.69, 9.17) is 0 Å². The highest BCUT2D eigenvalue weighted by Crippen LogP contribution is 2.49. The topological polar surface area (TPSA) is 0 Å². The van der Waals surface area contributed by atoms with Crippen molar-refractivity contribution in [3.63, 3.8) is 0 Å². The summed E-state index contributed by atoms with van der Waals surface area (Å²) in [5, 5.41) is 5.72. The van der Waals surface area contributed by atoms with E-state index in [1.165, 1.54) is 46.4 Å². The fraction of sp³-hybridized carbons (Fsp3) is 0.517. The summed E-state index contributed by atoms with van der Waals surface area (Å²) in [4.78, 5) is 0. The zero-order valence-electron chi connectivity index (χ0n) is 19.5. The van der Waals surface area contributed by atoms with E-state index in [0.29, 0.717) is 11.3 Å². The van der Waals surface area contributed by atoms with Crippen LogP contribution in [0.2, 0.25) is 0 Å². The van der Waals surface area contributed by atoms with Crippen molar-refractivity contribution < 1.29 is 0 Å². The van der Waals surface area contributed by atoms with Crippen molar-refractivity contribution in [1.82, 2.24) is 0 Å². The van der Waals surface area contributed by atoms with Crippen LogP contribution in [0.4, 0.5) is 0 Å². The lowest BCUT2D eigenvalue weighted by molar-refractivity contribution is 0.201. The highest BCUT2D eigenvalue weighted by Gasteiger charge is 2.40. The molecule has 0 fully saturated rings. The summed E-state index contributed by atoms with van der Waals surface area (Å²) >= 11 is 0. The molecular weight excluding hydrogens is 348 g/mol. The van der Waals surface area contributed by atoms with Crippen molar-refractivity contribution in [2.75, 3.05) is 0 Å². The Balaban J connectivity index is 1.74. The Morgan fingerprint density at radius 1 is 0.828 bits per heavy atom. The molecule has 3 aromatic carbocycles. The lowest BCUT2D eigenvalue weighted by Gasteiger charge is -2.36. The molecule has 0 spiro atoms. The monoisotopic (exact) mass is 386 g/mol. The van der Waals surface area contributed by atoms with Crippen LogP contribution in [0.1, 0.15) is 71.1 Å². The summed E-state index contributed by atoms with van der Waals surface area (Å²) in [6, 6.07) is 16.3. The van der Waals surface area contributed by atoms with E-state index >= 15 is 0 Å². The standard InChI is InChI=1S/C29H38/c1-18(2)22(6)20(4)17-21(5)29(7)16-15-27-26-12-11-23-19(3)9-8-10-24(23)25(26)13-14-28(27)29/h8-14,18,20-22H,15-17H2,1-7H3/t20-,21-,22-,29+/m1/s1. The number of hydrogen-bond acceptors (Lipinski definition) is 0. The second kappa shape index (κ2) is 7.46. The van der Waals surface area contributed by atoms with Gasteiger partial charge in [0.05, 0.1) is 0 Å². The summed E-state index contributed by atoms with van der Waals surface area (Å²) in [5.41, 5.74) is 4.91. The fourth-order valence-corrected chi connectivity index (χ4v) is 5.92. The van der Waals surface area contributed by atoms with E-state index in [0.717, 1.165) is 17.8 Å². The molecule has 4 rings (SSSR count). The van der Waals surface area contributed by atoms with Crippen LogP contribution < -0.4 is 0 Å². The van der Waals surface area contributed by atoms with Gasteiger partial charge in [-0.3, -0.25) is 0 Å². The SMILES string of the molecule is Cc1cccc2c1ccc1c3c(ccc12)[C@](C)([C@H](C)C[C@@H](C)[C@H](C)C(C)C)CC3. The first-order valence-corrected chi connectivity index (χ1v) is 11.7. The van der Waals surface area contributed by atoms with Gasteiger partial charge in [-0.2, -0.15) is 0 Å². The summed E-state index contributed by atoms with van der Waals surface area (Å²) in [5.74, 6) is 3.04. The van der Waals surface area contributed by atoms with Crippen LogP contribution in [0, 0.1) is 30.6 Å². The zero-order valence-corrected chi connectivity index (χ0v) is 19.5. The molecule has 1 aliphatic carbocycles. The van der Waals surface area contributed by atoms with Crippen molar-refractivity contribution >= 4 is 21.5 Å². The first-order chi connectivity index (χ1) is 13.7. The van der Waals surface area contributed by atoms with Gasteiger partial charge in [0.15, 0.2) is 0 Å². The second-order valence-corrected chi connectivity index (χ2v) is 10.6. The molecule has 0 N–H and O–H groups in total. The molecule has 0 saturated heterocycles.